The highest BCUT2D eigenvalue weighted by Gasteiger charge is 2.16. The van der Waals surface area contributed by atoms with Gasteiger partial charge in [0.15, 0.2) is 0 Å². The number of benzene rings is 3. The Bertz CT molecular complexity index is 1490. The summed E-state index contributed by atoms with van der Waals surface area (Å²) >= 11 is 0. The minimum atomic E-state index is -0.702. The topological polar surface area (TPSA) is 114 Å². The SMILES string of the molecule is C=C(C)C(=O)OCCCOc1ccc(C(=O)Oc2ccc(-c3ccc(OC(=O)C(=C)CC(=O)OCC)cc3C)cc2)cc1. The molecule has 3 aromatic carbocycles. The Labute approximate surface area is 250 Å². The monoisotopic (exact) mass is 586 g/mol. The van der Waals surface area contributed by atoms with Crippen molar-refractivity contribution in [2.75, 3.05) is 19.8 Å². The summed E-state index contributed by atoms with van der Waals surface area (Å²) in [7, 11) is 0. The van der Waals surface area contributed by atoms with Gasteiger partial charge in [0.2, 0.25) is 0 Å². The van der Waals surface area contributed by atoms with Gasteiger partial charge in [0.25, 0.3) is 0 Å². The van der Waals surface area contributed by atoms with E-state index in [4.69, 9.17) is 23.7 Å². The maximum absolute atomic E-state index is 12.6. The third kappa shape index (κ3) is 10.00. The molecule has 0 aliphatic carbocycles. The first-order chi connectivity index (χ1) is 20.6. The molecule has 3 rings (SSSR count). The van der Waals surface area contributed by atoms with E-state index in [2.05, 4.69) is 13.2 Å². The molecule has 224 valence electrons. The molecular weight excluding hydrogens is 552 g/mol. The summed E-state index contributed by atoms with van der Waals surface area (Å²) in [5.74, 6) is -0.917. The average Bonchev–Trinajstić information content (AvgIpc) is 2.97. The molecule has 0 saturated heterocycles. The molecule has 0 aliphatic rings. The Hall–Kier alpha value is -5.18. The molecule has 0 radical (unpaired) electrons. The van der Waals surface area contributed by atoms with E-state index < -0.39 is 23.9 Å². The van der Waals surface area contributed by atoms with Crippen molar-refractivity contribution in [1.29, 1.82) is 0 Å². The van der Waals surface area contributed by atoms with Crippen molar-refractivity contribution in [2.45, 2.75) is 33.6 Å². The molecule has 0 aliphatic heterocycles. The number of carbonyl (C=O) groups is 4. The third-order valence-corrected chi connectivity index (χ3v) is 5.97. The normalized spacial score (nSPS) is 10.3. The van der Waals surface area contributed by atoms with Gasteiger partial charge < -0.3 is 23.7 Å². The number of carbonyl (C=O) groups excluding carboxylic acids is 4. The van der Waals surface area contributed by atoms with Crippen LogP contribution in [0.2, 0.25) is 0 Å². The molecule has 0 atom stereocenters. The van der Waals surface area contributed by atoms with Crippen LogP contribution in [0.4, 0.5) is 0 Å². The minimum Gasteiger partial charge on any atom is -0.493 e. The van der Waals surface area contributed by atoms with E-state index in [1.165, 1.54) is 0 Å². The Morgan fingerprint density at radius 1 is 0.744 bits per heavy atom. The predicted octanol–water partition coefficient (Wildman–Crippen LogP) is 6.18. The summed E-state index contributed by atoms with van der Waals surface area (Å²) in [6.45, 7) is 13.1. The van der Waals surface area contributed by atoms with Crippen molar-refractivity contribution >= 4 is 23.9 Å². The maximum Gasteiger partial charge on any atom is 0.343 e. The summed E-state index contributed by atoms with van der Waals surface area (Å²) in [5.41, 5.74) is 3.33. The van der Waals surface area contributed by atoms with Crippen LogP contribution >= 0.6 is 0 Å². The Kier molecular flexibility index (Phi) is 11.8. The molecule has 0 aromatic heterocycles. The van der Waals surface area contributed by atoms with Crippen molar-refractivity contribution in [1.82, 2.24) is 0 Å². The molecule has 0 amide bonds. The highest BCUT2D eigenvalue weighted by Crippen LogP contribution is 2.29. The zero-order valence-electron chi connectivity index (χ0n) is 24.5. The van der Waals surface area contributed by atoms with Crippen LogP contribution in [0, 0.1) is 6.92 Å². The second-order valence-corrected chi connectivity index (χ2v) is 9.51. The summed E-state index contributed by atoms with van der Waals surface area (Å²) in [6, 6.07) is 18.8. The smallest absolute Gasteiger partial charge is 0.343 e. The largest absolute Gasteiger partial charge is 0.493 e. The Morgan fingerprint density at radius 2 is 1.40 bits per heavy atom. The molecule has 9 heteroatoms. The Balaban J connectivity index is 1.51. The summed E-state index contributed by atoms with van der Waals surface area (Å²) in [4.78, 5) is 47.8. The maximum atomic E-state index is 12.6. The van der Waals surface area contributed by atoms with E-state index in [0.29, 0.717) is 41.4 Å². The van der Waals surface area contributed by atoms with E-state index in [9.17, 15) is 19.2 Å². The fourth-order valence-corrected chi connectivity index (χ4v) is 3.75. The van der Waals surface area contributed by atoms with Crippen LogP contribution < -0.4 is 14.2 Å². The lowest BCUT2D eigenvalue weighted by atomic mass is 10.0. The van der Waals surface area contributed by atoms with Crippen LogP contribution in [-0.2, 0) is 23.9 Å². The van der Waals surface area contributed by atoms with Gasteiger partial charge >= 0.3 is 23.9 Å². The lowest BCUT2D eigenvalue weighted by molar-refractivity contribution is -0.144. The van der Waals surface area contributed by atoms with E-state index in [-0.39, 0.29) is 25.2 Å². The van der Waals surface area contributed by atoms with Crippen LogP contribution in [0.1, 0.15) is 42.6 Å². The van der Waals surface area contributed by atoms with Crippen LogP contribution in [0.5, 0.6) is 17.2 Å². The molecule has 0 saturated carbocycles. The first kappa shape index (κ1) is 32.3. The zero-order valence-corrected chi connectivity index (χ0v) is 24.5. The lowest BCUT2D eigenvalue weighted by Gasteiger charge is -2.11. The van der Waals surface area contributed by atoms with E-state index in [0.717, 1.165) is 16.7 Å². The standard InChI is InChI=1S/C34H34O9/c1-6-39-31(35)21-24(5)33(37)43-29-16-17-30(23(4)20-29)25-8-14-28(15-9-25)42-34(38)26-10-12-27(13-11-26)40-18-7-19-41-32(36)22(2)3/h8-17,20H,2,5-7,18-19,21H2,1,3-4H3. The number of rotatable bonds is 14. The fraction of sp³-hybridized carbons (Fsp3) is 0.235. The number of esters is 4. The summed E-state index contributed by atoms with van der Waals surface area (Å²) in [5, 5.41) is 0. The van der Waals surface area contributed by atoms with Gasteiger partial charge in [-0.15, -0.1) is 0 Å². The number of aryl methyl sites for hydroxylation is 1. The zero-order chi connectivity index (χ0) is 31.4. The van der Waals surface area contributed by atoms with E-state index in [1.807, 2.05) is 25.1 Å². The van der Waals surface area contributed by atoms with Crippen LogP contribution in [0.3, 0.4) is 0 Å². The van der Waals surface area contributed by atoms with Crippen molar-refractivity contribution < 1.29 is 42.9 Å². The molecule has 0 bridgehead atoms. The van der Waals surface area contributed by atoms with Gasteiger partial charge in [0, 0.05) is 17.6 Å². The third-order valence-electron chi connectivity index (χ3n) is 5.97. The number of hydrogen-bond acceptors (Lipinski definition) is 9. The van der Waals surface area contributed by atoms with Crippen molar-refractivity contribution in [3.63, 3.8) is 0 Å². The number of hydrogen-bond donors (Lipinski definition) is 0. The highest BCUT2D eigenvalue weighted by molar-refractivity contribution is 5.94. The van der Waals surface area contributed by atoms with Gasteiger partial charge in [0.05, 0.1) is 31.8 Å². The van der Waals surface area contributed by atoms with Gasteiger partial charge in [-0.2, -0.15) is 0 Å². The predicted molar refractivity (Wildman–Crippen MR) is 160 cm³/mol. The van der Waals surface area contributed by atoms with Crippen molar-refractivity contribution in [3.05, 3.63) is 102 Å². The first-order valence-electron chi connectivity index (χ1n) is 13.6. The lowest BCUT2D eigenvalue weighted by Crippen LogP contribution is -2.15. The van der Waals surface area contributed by atoms with Gasteiger partial charge in [-0.1, -0.05) is 31.4 Å². The van der Waals surface area contributed by atoms with Gasteiger partial charge in [-0.3, -0.25) is 4.79 Å². The highest BCUT2D eigenvalue weighted by atomic mass is 16.5. The van der Waals surface area contributed by atoms with Crippen molar-refractivity contribution in [3.8, 4) is 28.4 Å². The van der Waals surface area contributed by atoms with Crippen molar-refractivity contribution in [2.24, 2.45) is 0 Å². The molecular formula is C34H34O9. The molecule has 9 nitrogen and oxygen atoms in total. The molecule has 0 spiro atoms. The van der Waals surface area contributed by atoms with Gasteiger partial charge in [-0.05, 0) is 86.0 Å². The Morgan fingerprint density at radius 3 is 2.02 bits per heavy atom. The quantitative estimate of drug-likeness (QED) is 0.0945. The van der Waals surface area contributed by atoms with Gasteiger partial charge in [-0.25, -0.2) is 14.4 Å². The molecule has 0 heterocycles. The number of ether oxygens (including phenoxy) is 5. The minimum absolute atomic E-state index is 0.00494. The molecule has 3 aromatic rings. The van der Waals surface area contributed by atoms with E-state index >= 15 is 0 Å². The molecule has 0 unspecified atom stereocenters. The molecule has 0 fully saturated rings. The van der Waals surface area contributed by atoms with Crippen LogP contribution in [0.15, 0.2) is 91.0 Å². The molecule has 0 N–H and O–H groups in total. The summed E-state index contributed by atoms with van der Waals surface area (Å²) < 4.78 is 26.3. The van der Waals surface area contributed by atoms with Crippen LogP contribution in [0.25, 0.3) is 11.1 Å². The second-order valence-electron chi connectivity index (χ2n) is 9.51. The van der Waals surface area contributed by atoms with E-state index in [1.54, 1.807) is 62.4 Å². The van der Waals surface area contributed by atoms with Gasteiger partial charge in [0.1, 0.15) is 17.2 Å². The second kappa shape index (κ2) is 15.7. The molecule has 43 heavy (non-hydrogen) atoms. The average molecular weight is 587 g/mol. The van der Waals surface area contributed by atoms with Crippen LogP contribution in [-0.4, -0.2) is 43.7 Å². The summed E-state index contributed by atoms with van der Waals surface area (Å²) in [6.07, 6.45) is 0.281. The first-order valence-corrected chi connectivity index (χ1v) is 13.6. The fourth-order valence-electron chi connectivity index (χ4n) is 3.75.